The van der Waals surface area contributed by atoms with Crippen LogP contribution in [0.4, 0.5) is 0 Å². The topological polar surface area (TPSA) is 17.1 Å². The molecule has 1 rings (SSSR count). The molecule has 0 heterocycles. The second kappa shape index (κ2) is 2.22. The van der Waals surface area contributed by atoms with E-state index in [0.29, 0.717) is 5.78 Å². The highest BCUT2D eigenvalue weighted by molar-refractivity contribution is 5.85. The van der Waals surface area contributed by atoms with Gasteiger partial charge in [-0.05, 0) is 33.1 Å². The van der Waals surface area contributed by atoms with Gasteiger partial charge >= 0.3 is 0 Å². The van der Waals surface area contributed by atoms with E-state index in [0.717, 1.165) is 24.8 Å². The number of hydrogen-bond acceptors (Lipinski definition) is 1. The van der Waals surface area contributed by atoms with E-state index in [4.69, 9.17) is 0 Å². The molecule has 0 aromatic carbocycles. The summed E-state index contributed by atoms with van der Waals surface area (Å²) in [5.74, 6) is 0.343. The van der Waals surface area contributed by atoms with Gasteiger partial charge in [-0.1, -0.05) is 5.57 Å². The zero-order chi connectivity index (χ0) is 7.78. The summed E-state index contributed by atoms with van der Waals surface area (Å²) in [7, 11) is 0. The van der Waals surface area contributed by atoms with E-state index in [2.05, 4.69) is 6.58 Å². The van der Waals surface area contributed by atoms with Gasteiger partial charge in [0.05, 0.1) is 0 Å². The zero-order valence-electron chi connectivity index (χ0n) is 6.74. The second-order valence-corrected chi connectivity index (χ2v) is 3.47. The fourth-order valence-electron chi connectivity index (χ4n) is 1.38. The molecule has 56 valence electrons. The van der Waals surface area contributed by atoms with E-state index in [-0.39, 0.29) is 5.41 Å². The average Bonchev–Trinajstić information content (AvgIpc) is 2.46. The SMILES string of the molecule is C=C(C)CC1(C(C)=O)CC1. The molecular weight excluding hydrogens is 124 g/mol. The van der Waals surface area contributed by atoms with Gasteiger partial charge in [0.2, 0.25) is 0 Å². The van der Waals surface area contributed by atoms with Gasteiger partial charge in [-0.3, -0.25) is 4.79 Å². The first-order valence-electron chi connectivity index (χ1n) is 3.72. The summed E-state index contributed by atoms with van der Waals surface area (Å²) < 4.78 is 0. The molecule has 0 radical (unpaired) electrons. The van der Waals surface area contributed by atoms with Crippen LogP contribution < -0.4 is 0 Å². The number of hydrogen-bond donors (Lipinski definition) is 0. The van der Waals surface area contributed by atoms with E-state index < -0.39 is 0 Å². The monoisotopic (exact) mass is 138 g/mol. The fraction of sp³-hybridized carbons (Fsp3) is 0.667. The minimum absolute atomic E-state index is 0.0336. The largest absolute Gasteiger partial charge is 0.299 e. The average molecular weight is 138 g/mol. The number of carbonyl (C=O) groups excluding carboxylic acids is 1. The van der Waals surface area contributed by atoms with Gasteiger partial charge in [-0.25, -0.2) is 0 Å². The molecule has 1 fully saturated rings. The van der Waals surface area contributed by atoms with Crippen LogP contribution in [0.25, 0.3) is 0 Å². The van der Waals surface area contributed by atoms with E-state index in [9.17, 15) is 4.79 Å². The van der Waals surface area contributed by atoms with Crippen LogP contribution in [0.5, 0.6) is 0 Å². The molecule has 0 aromatic rings. The van der Waals surface area contributed by atoms with Gasteiger partial charge in [0, 0.05) is 5.41 Å². The van der Waals surface area contributed by atoms with Gasteiger partial charge in [-0.2, -0.15) is 0 Å². The van der Waals surface area contributed by atoms with Crippen LogP contribution in [-0.2, 0) is 4.79 Å². The second-order valence-electron chi connectivity index (χ2n) is 3.47. The summed E-state index contributed by atoms with van der Waals surface area (Å²) in [5.41, 5.74) is 1.17. The zero-order valence-corrected chi connectivity index (χ0v) is 6.74. The molecule has 0 spiro atoms. The van der Waals surface area contributed by atoms with Crippen LogP contribution in [0.15, 0.2) is 12.2 Å². The Balaban J connectivity index is 2.53. The number of rotatable bonds is 3. The third kappa shape index (κ3) is 1.28. The maximum atomic E-state index is 11.0. The molecule has 1 saturated carbocycles. The van der Waals surface area contributed by atoms with E-state index in [1.165, 1.54) is 0 Å². The lowest BCUT2D eigenvalue weighted by molar-refractivity contribution is -0.121. The Hall–Kier alpha value is -0.590. The highest BCUT2D eigenvalue weighted by Crippen LogP contribution is 2.50. The first-order chi connectivity index (χ1) is 4.57. The predicted octanol–water partition coefficient (Wildman–Crippen LogP) is 2.32. The number of carbonyl (C=O) groups is 1. The smallest absolute Gasteiger partial charge is 0.136 e. The minimum Gasteiger partial charge on any atom is -0.299 e. The lowest BCUT2D eigenvalue weighted by Crippen LogP contribution is -2.11. The van der Waals surface area contributed by atoms with Crippen LogP contribution in [0.1, 0.15) is 33.1 Å². The maximum Gasteiger partial charge on any atom is 0.136 e. The molecule has 0 N–H and O–H groups in total. The molecule has 0 aromatic heterocycles. The normalized spacial score (nSPS) is 20.2. The minimum atomic E-state index is 0.0336. The van der Waals surface area contributed by atoms with Gasteiger partial charge < -0.3 is 0 Å². The van der Waals surface area contributed by atoms with Crippen LogP contribution in [-0.4, -0.2) is 5.78 Å². The molecule has 0 atom stereocenters. The Labute approximate surface area is 62.1 Å². The summed E-state index contributed by atoms with van der Waals surface area (Å²) in [6.45, 7) is 7.49. The number of ketones is 1. The van der Waals surface area contributed by atoms with Gasteiger partial charge in [-0.15, -0.1) is 6.58 Å². The molecule has 0 bridgehead atoms. The number of allylic oxidation sites excluding steroid dienone is 1. The molecule has 1 aliphatic carbocycles. The van der Waals surface area contributed by atoms with Crippen LogP contribution in [0, 0.1) is 5.41 Å². The third-order valence-corrected chi connectivity index (χ3v) is 2.24. The highest BCUT2D eigenvalue weighted by atomic mass is 16.1. The summed E-state index contributed by atoms with van der Waals surface area (Å²) in [4.78, 5) is 11.0. The van der Waals surface area contributed by atoms with E-state index >= 15 is 0 Å². The van der Waals surface area contributed by atoms with Crippen molar-refractivity contribution in [1.29, 1.82) is 0 Å². The summed E-state index contributed by atoms with van der Waals surface area (Å²) in [6.07, 6.45) is 3.06. The maximum absolute atomic E-state index is 11.0. The molecule has 0 saturated heterocycles. The summed E-state index contributed by atoms with van der Waals surface area (Å²) in [5, 5.41) is 0. The fourth-order valence-corrected chi connectivity index (χ4v) is 1.38. The van der Waals surface area contributed by atoms with Crippen molar-refractivity contribution in [2.45, 2.75) is 33.1 Å². The van der Waals surface area contributed by atoms with Crippen LogP contribution in [0.3, 0.4) is 0 Å². The lowest BCUT2D eigenvalue weighted by atomic mass is 9.94. The van der Waals surface area contributed by atoms with Crippen molar-refractivity contribution < 1.29 is 4.79 Å². The Bertz CT molecular complexity index is 175. The van der Waals surface area contributed by atoms with Crippen molar-refractivity contribution in [2.24, 2.45) is 5.41 Å². The van der Waals surface area contributed by atoms with Crippen molar-refractivity contribution in [3.8, 4) is 0 Å². The van der Waals surface area contributed by atoms with E-state index in [1.54, 1.807) is 6.92 Å². The molecule has 0 unspecified atom stereocenters. The molecule has 0 aliphatic heterocycles. The summed E-state index contributed by atoms with van der Waals surface area (Å²) >= 11 is 0. The Morgan fingerprint density at radius 1 is 1.50 bits per heavy atom. The third-order valence-electron chi connectivity index (χ3n) is 2.24. The van der Waals surface area contributed by atoms with Gasteiger partial charge in [0.1, 0.15) is 5.78 Å². The standard InChI is InChI=1S/C9H14O/c1-7(2)6-9(4-5-9)8(3)10/h1,4-6H2,2-3H3. The van der Waals surface area contributed by atoms with Crippen molar-refractivity contribution in [2.75, 3.05) is 0 Å². The molecule has 1 heteroatoms. The molecular formula is C9H14O. The van der Waals surface area contributed by atoms with Crippen molar-refractivity contribution >= 4 is 5.78 Å². The molecule has 0 amide bonds. The Morgan fingerprint density at radius 3 is 2.10 bits per heavy atom. The van der Waals surface area contributed by atoms with Crippen LogP contribution in [0.2, 0.25) is 0 Å². The Morgan fingerprint density at radius 2 is 2.00 bits per heavy atom. The molecule has 10 heavy (non-hydrogen) atoms. The van der Waals surface area contributed by atoms with E-state index in [1.807, 2.05) is 6.92 Å². The lowest BCUT2D eigenvalue weighted by Gasteiger charge is -2.09. The van der Waals surface area contributed by atoms with Crippen molar-refractivity contribution in [1.82, 2.24) is 0 Å². The predicted molar refractivity (Wildman–Crippen MR) is 41.8 cm³/mol. The number of Topliss-reactive ketones (excluding diaryl/α,β-unsaturated/α-hetero) is 1. The Kier molecular flexibility index (Phi) is 1.67. The van der Waals surface area contributed by atoms with Crippen molar-refractivity contribution in [3.05, 3.63) is 12.2 Å². The first-order valence-corrected chi connectivity index (χ1v) is 3.72. The quantitative estimate of drug-likeness (QED) is 0.547. The highest BCUT2D eigenvalue weighted by Gasteiger charge is 2.46. The van der Waals surface area contributed by atoms with Gasteiger partial charge in [0.15, 0.2) is 0 Å². The summed E-state index contributed by atoms with van der Waals surface area (Å²) in [6, 6.07) is 0. The van der Waals surface area contributed by atoms with Gasteiger partial charge in [0.25, 0.3) is 0 Å². The van der Waals surface area contributed by atoms with Crippen molar-refractivity contribution in [3.63, 3.8) is 0 Å². The molecule has 1 aliphatic rings. The molecule has 1 nitrogen and oxygen atoms in total. The first kappa shape index (κ1) is 7.52. The van der Waals surface area contributed by atoms with Crippen LogP contribution >= 0.6 is 0 Å².